The smallest absolute Gasteiger partial charge is 0.251 e. The normalized spacial score (nSPS) is 11.5. The van der Waals surface area contributed by atoms with Crippen LogP contribution in [0.4, 0.5) is 0 Å². The van der Waals surface area contributed by atoms with Gasteiger partial charge in [-0.05, 0) is 36.3 Å². The van der Waals surface area contributed by atoms with Gasteiger partial charge in [-0.1, -0.05) is 42.5 Å². The van der Waals surface area contributed by atoms with Gasteiger partial charge in [0.25, 0.3) is 5.91 Å². The highest BCUT2D eigenvalue weighted by atomic mass is 32.2. The van der Waals surface area contributed by atoms with E-state index in [0.29, 0.717) is 12.1 Å². The summed E-state index contributed by atoms with van der Waals surface area (Å²) in [6.07, 6.45) is 1.54. The summed E-state index contributed by atoms with van der Waals surface area (Å²) >= 11 is 0. The summed E-state index contributed by atoms with van der Waals surface area (Å²) in [5, 5.41) is 3.85. The third-order valence-corrected chi connectivity index (χ3v) is 4.31. The van der Waals surface area contributed by atoms with Crippen LogP contribution in [0.1, 0.15) is 28.4 Å². The van der Waals surface area contributed by atoms with Gasteiger partial charge in [-0.25, -0.2) is 13.1 Å². The maximum absolute atomic E-state index is 12.0. The van der Waals surface area contributed by atoms with Gasteiger partial charge < -0.3 is 5.32 Å². The summed E-state index contributed by atoms with van der Waals surface area (Å²) in [5.74, 6) is -0.143. The Morgan fingerprint density at radius 1 is 1.04 bits per heavy atom. The van der Waals surface area contributed by atoms with Crippen molar-refractivity contribution in [1.82, 2.24) is 10.0 Å². The van der Waals surface area contributed by atoms with Crippen molar-refractivity contribution >= 4 is 22.0 Å². The van der Waals surface area contributed by atoms with E-state index in [1.54, 1.807) is 30.3 Å². The fourth-order valence-electron chi connectivity index (χ4n) is 2.00. The molecule has 5 nitrogen and oxygen atoms in total. The van der Waals surface area contributed by atoms with E-state index >= 15 is 0 Å². The van der Waals surface area contributed by atoms with E-state index in [1.807, 2.05) is 37.3 Å². The van der Waals surface area contributed by atoms with Crippen LogP contribution in [0.15, 0.2) is 60.0 Å². The Bertz CT molecular complexity index is 798. The first-order valence-corrected chi connectivity index (χ1v) is 9.15. The fraction of sp³-hybridized carbons (Fsp3) is 0.167. The number of carbonyl (C=O) groups excluding carboxylic acids is 1. The van der Waals surface area contributed by atoms with Crippen molar-refractivity contribution in [2.24, 2.45) is 0 Å². The fourth-order valence-corrected chi connectivity index (χ4v) is 2.80. The Labute approximate surface area is 142 Å². The van der Waals surface area contributed by atoms with Crippen LogP contribution in [0.25, 0.3) is 6.08 Å². The number of rotatable bonds is 7. The molecule has 0 fully saturated rings. The van der Waals surface area contributed by atoms with Crippen molar-refractivity contribution in [3.05, 3.63) is 76.7 Å². The topological polar surface area (TPSA) is 75.3 Å². The Morgan fingerprint density at radius 3 is 2.33 bits per heavy atom. The minimum absolute atomic E-state index is 0.143. The van der Waals surface area contributed by atoms with Crippen molar-refractivity contribution in [2.45, 2.75) is 13.5 Å². The summed E-state index contributed by atoms with van der Waals surface area (Å²) in [6.45, 7) is 2.58. The van der Waals surface area contributed by atoms with Crippen LogP contribution in [0.5, 0.6) is 0 Å². The highest BCUT2D eigenvalue weighted by molar-refractivity contribution is 7.92. The number of sulfonamides is 1. The minimum atomic E-state index is -3.52. The second kappa shape index (κ2) is 8.42. The third-order valence-electron chi connectivity index (χ3n) is 3.27. The van der Waals surface area contributed by atoms with Crippen molar-refractivity contribution < 1.29 is 13.2 Å². The quantitative estimate of drug-likeness (QED) is 0.810. The Balaban J connectivity index is 1.94. The van der Waals surface area contributed by atoms with E-state index in [4.69, 9.17) is 0 Å². The molecule has 0 bridgehead atoms. The Kier molecular flexibility index (Phi) is 6.28. The standard InChI is InChI=1S/C18H20N2O3S/c1-2-19-18(21)17-10-8-16(9-11-17)14-20-24(22,23)13-12-15-6-4-3-5-7-15/h3-13,20H,2,14H2,1H3,(H,19,21). The summed E-state index contributed by atoms with van der Waals surface area (Å²) in [7, 11) is -3.52. The molecule has 126 valence electrons. The first-order chi connectivity index (χ1) is 11.5. The molecule has 2 N–H and O–H groups in total. The number of hydrogen-bond donors (Lipinski definition) is 2. The SMILES string of the molecule is CCNC(=O)c1ccc(CNS(=O)(=O)C=Cc2ccccc2)cc1. The van der Waals surface area contributed by atoms with Crippen LogP contribution in [0, 0.1) is 0 Å². The molecule has 0 spiro atoms. The van der Waals surface area contributed by atoms with Gasteiger partial charge in [0.15, 0.2) is 0 Å². The van der Waals surface area contributed by atoms with Crippen LogP contribution in [0.2, 0.25) is 0 Å². The summed E-state index contributed by atoms with van der Waals surface area (Å²) in [5.41, 5.74) is 2.14. The molecule has 0 aliphatic carbocycles. The second-order valence-corrected chi connectivity index (χ2v) is 6.79. The highest BCUT2D eigenvalue weighted by Gasteiger charge is 2.07. The summed E-state index contributed by atoms with van der Waals surface area (Å²) < 4.78 is 26.5. The van der Waals surface area contributed by atoms with Crippen LogP contribution in [-0.2, 0) is 16.6 Å². The molecule has 0 aromatic heterocycles. The zero-order chi connectivity index (χ0) is 17.4. The third kappa shape index (κ3) is 5.64. The molecule has 24 heavy (non-hydrogen) atoms. The van der Waals surface area contributed by atoms with Gasteiger partial charge in [0, 0.05) is 24.1 Å². The molecule has 0 aliphatic rings. The predicted molar refractivity (Wildman–Crippen MR) is 95.7 cm³/mol. The monoisotopic (exact) mass is 344 g/mol. The van der Waals surface area contributed by atoms with E-state index < -0.39 is 10.0 Å². The molecule has 0 heterocycles. The number of hydrogen-bond acceptors (Lipinski definition) is 3. The Hall–Kier alpha value is -2.44. The van der Waals surface area contributed by atoms with Gasteiger partial charge in [0.2, 0.25) is 10.0 Å². The average molecular weight is 344 g/mol. The number of benzene rings is 2. The van der Waals surface area contributed by atoms with Gasteiger partial charge in [0.05, 0.1) is 0 Å². The maximum Gasteiger partial charge on any atom is 0.251 e. The van der Waals surface area contributed by atoms with Crippen LogP contribution in [-0.4, -0.2) is 20.9 Å². The molecule has 1 amide bonds. The van der Waals surface area contributed by atoms with E-state index in [2.05, 4.69) is 10.0 Å². The zero-order valence-electron chi connectivity index (χ0n) is 13.4. The summed E-state index contributed by atoms with van der Waals surface area (Å²) in [4.78, 5) is 11.7. The molecule has 0 unspecified atom stereocenters. The molecule has 0 saturated carbocycles. The van der Waals surface area contributed by atoms with Gasteiger partial charge in [-0.15, -0.1) is 0 Å². The van der Waals surface area contributed by atoms with Crippen molar-refractivity contribution in [3.63, 3.8) is 0 Å². The predicted octanol–water partition coefficient (Wildman–Crippen LogP) is 2.53. The molecule has 0 saturated heterocycles. The number of nitrogens with one attached hydrogen (secondary N) is 2. The van der Waals surface area contributed by atoms with E-state index in [-0.39, 0.29) is 12.5 Å². The first kappa shape index (κ1) is 17.9. The lowest BCUT2D eigenvalue weighted by Gasteiger charge is -2.05. The Morgan fingerprint density at radius 2 is 1.71 bits per heavy atom. The van der Waals surface area contributed by atoms with E-state index in [0.717, 1.165) is 16.5 Å². The molecule has 0 radical (unpaired) electrons. The number of carbonyl (C=O) groups is 1. The van der Waals surface area contributed by atoms with E-state index in [1.165, 1.54) is 0 Å². The molecular formula is C18H20N2O3S. The van der Waals surface area contributed by atoms with Crippen LogP contribution >= 0.6 is 0 Å². The van der Waals surface area contributed by atoms with E-state index in [9.17, 15) is 13.2 Å². The minimum Gasteiger partial charge on any atom is -0.352 e. The lowest BCUT2D eigenvalue weighted by molar-refractivity contribution is 0.0956. The molecular weight excluding hydrogens is 324 g/mol. The molecule has 0 atom stereocenters. The highest BCUT2D eigenvalue weighted by Crippen LogP contribution is 2.06. The summed E-state index contributed by atoms with van der Waals surface area (Å²) in [6, 6.07) is 16.0. The molecule has 6 heteroatoms. The zero-order valence-corrected chi connectivity index (χ0v) is 14.2. The van der Waals surface area contributed by atoms with Gasteiger partial charge >= 0.3 is 0 Å². The van der Waals surface area contributed by atoms with Gasteiger partial charge in [0.1, 0.15) is 0 Å². The molecule has 2 rings (SSSR count). The molecule has 0 aliphatic heterocycles. The largest absolute Gasteiger partial charge is 0.352 e. The number of amides is 1. The molecule has 2 aromatic rings. The van der Waals surface area contributed by atoms with Crippen molar-refractivity contribution in [1.29, 1.82) is 0 Å². The van der Waals surface area contributed by atoms with Gasteiger partial charge in [-0.2, -0.15) is 0 Å². The lowest BCUT2D eigenvalue weighted by Crippen LogP contribution is -2.23. The van der Waals surface area contributed by atoms with Crippen LogP contribution in [0.3, 0.4) is 0 Å². The lowest BCUT2D eigenvalue weighted by atomic mass is 10.1. The average Bonchev–Trinajstić information content (AvgIpc) is 2.60. The van der Waals surface area contributed by atoms with Crippen molar-refractivity contribution in [2.75, 3.05) is 6.54 Å². The van der Waals surface area contributed by atoms with Crippen molar-refractivity contribution in [3.8, 4) is 0 Å². The molecule has 2 aromatic carbocycles. The van der Waals surface area contributed by atoms with Gasteiger partial charge in [-0.3, -0.25) is 4.79 Å². The maximum atomic E-state index is 12.0. The first-order valence-electron chi connectivity index (χ1n) is 7.60. The second-order valence-electron chi connectivity index (χ2n) is 5.14. The van der Waals surface area contributed by atoms with Crippen LogP contribution < -0.4 is 10.0 Å².